The normalized spacial score (nSPS) is 10.6. The molecule has 416 valence electrons. The third kappa shape index (κ3) is 18.5. The third-order valence-corrected chi connectivity index (χ3v) is 10.7. The highest BCUT2D eigenvalue weighted by molar-refractivity contribution is 6.33. The zero-order valence-corrected chi connectivity index (χ0v) is 44.1. The minimum absolute atomic E-state index is 0.0415. The van der Waals surface area contributed by atoms with Crippen molar-refractivity contribution in [1.29, 1.82) is 0 Å². The summed E-state index contributed by atoms with van der Waals surface area (Å²) in [7, 11) is 0. The van der Waals surface area contributed by atoms with Crippen LogP contribution in [0.25, 0.3) is 33.4 Å². The molecular formula is C51H50Cl2N2O23. The Hall–Kier alpha value is -8.84. The second-order valence-electron chi connectivity index (χ2n) is 16.1. The number of ether oxygens (including phenoxy) is 12. The number of hydrogen-bond donors (Lipinski definition) is 0. The molecule has 1 heterocycles. The number of fused-ring (bicyclic) bond motifs is 2. The van der Waals surface area contributed by atoms with E-state index in [9.17, 15) is 47.9 Å². The molecule has 27 heteroatoms. The number of esters is 9. The van der Waals surface area contributed by atoms with Crippen molar-refractivity contribution in [2.45, 2.75) is 41.5 Å². The van der Waals surface area contributed by atoms with Crippen molar-refractivity contribution < 1.29 is 104 Å². The number of carbonyl (C=O) groups excluding carboxylic acids is 9. The number of carbonyl (C=O) groups is 9. The second kappa shape index (κ2) is 28.9. The molecule has 0 radical (unpaired) electrons. The maximum atomic E-state index is 13.3. The van der Waals surface area contributed by atoms with E-state index in [1.165, 1.54) is 59.2 Å². The smallest absolute Gasteiger partial charge is 0.328 e. The largest absolute Gasteiger partial charge is 0.488 e. The van der Waals surface area contributed by atoms with Gasteiger partial charge in [0, 0.05) is 63.3 Å². The first-order valence-corrected chi connectivity index (χ1v) is 23.7. The van der Waals surface area contributed by atoms with Gasteiger partial charge < -0.3 is 71.1 Å². The lowest BCUT2D eigenvalue weighted by Crippen LogP contribution is -2.37. The van der Waals surface area contributed by atoms with Gasteiger partial charge in [-0.15, -0.1) is 0 Å². The monoisotopic (exact) mass is 1130 g/mol. The molecule has 0 bridgehead atoms. The number of halogens is 2. The second-order valence-corrected chi connectivity index (χ2v) is 16.9. The molecule has 0 unspecified atom stereocenters. The van der Waals surface area contributed by atoms with Crippen molar-refractivity contribution >= 4 is 99.3 Å². The van der Waals surface area contributed by atoms with Crippen molar-refractivity contribution in [2.24, 2.45) is 0 Å². The molecule has 1 aliphatic carbocycles. The first-order valence-electron chi connectivity index (χ1n) is 22.9. The van der Waals surface area contributed by atoms with Crippen molar-refractivity contribution in [3.8, 4) is 39.7 Å². The molecule has 0 spiro atoms. The average molecular weight is 1130 g/mol. The number of aryl methyl sites for hydroxylation is 1. The Balaban J connectivity index is 1.60. The van der Waals surface area contributed by atoms with E-state index in [2.05, 4.69) is 0 Å². The van der Waals surface area contributed by atoms with E-state index in [1.807, 2.05) is 0 Å². The summed E-state index contributed by atoms with van der Waals surface area (Å²) in [5, 5.41) is 0.208. The Kier molecular flexibility index (Phi) is 22.2. The number of hydrogen-bond acceptors (Lipinski definition) is 25. The SMILES string of the molecule is CC(=O)OCOC(=O)CN(CC(=O)OCOC(C)=O)c1ccc(C)cc1OCCOc1cc(-c2c3cc(Cl)c(=O)cc-3oc3cc(OCOC(C)=O)c(Cl)cc23)ccc1N(CC(=O)OCOC(C)=O)CC(=O)OCOC(C)=O. The molecule has 1 aliphatic heterocycles. The minimum atomic E-state index is -0.990. The van der Waals surface area contributed by atoms with Gasteiger partial charge in [0.25, 0.3) is 0 Å². The summed E-state index contributed by atoms with van der Waals surface area (Å²) in [6.07, 6.45) is 0. The zero-order chi connectivity index (χ0) is 57.1. The molecular weight excluding hydrogens is 1080 g/mol. The van der Waals surface area contributed by atoms with Gasteiger partial charge in [-0.1, -0.05) is 35.3 Å². The fourth-order valence-electron chi connectivity index (χ4n) is 6.81. The van der Waals surface area contributed by atoms with E-state index in [0.29, 0.717) is 27.6 Å². The van der Waals surface area contributed by atoms with Crippen molar-refractivity contribution in [1.82, 2.24) is 0 Å². The molecule has 0 saturated carbocycles. The highest BCUT2D eigenvalue weighted by Gasteiger charge is 2.27. The number of anilines is 2. The summed E-state index contributed by atoms with van der Waals surface area (Å²) in [6.45, 7) is 0.612. The van der Waals surface area contributed by atoms with Gasteiger partial charge in [0.1, 0.15) is 68.0 Å². The van der Waals surface area contributed by atoms with E-state index in [1.54, 1.807) is 25.1 Å². The highest BCUT2D eigenvalue weighted by atomic mass is 35.5. The Morgan fingerprint density at radius 3 is 1.37 bits per heavy atom. The molecule has 0 saturated heterocycles. The van der Waals surface area contributed by atoms with Crippen LogP contribution in [0.15, 0.2) is 69.9 Å². The standard InChI is InChI=1S/C51H50Cl2N2O23/c1-28-7-9-39(54(19-47(62)74-24-69-30(3)57)20-48(63)75-25-70-31(4)58)45(13-28)66-11-12-67-46-14-34(8-10-40(46)55(21-49(64)76-26-71-32(5)59)22-50(65)77-27-72-33(6)60)51-35-15-37(52)41(61)17-42(35)78-43-18-44(38(53)16-36(43)51)73-23-68-29(2)56/h7-10,13-18H,11-12,19-27H2,1-6H3. The molecule has 0 atom stereocenters. The number of benzene rings is 4. The summed E-state index contributed by atoms with van der Waals surface area (Å²) in [5.41, 5.74) is 1.44. The topological polar surface area (TPSA) is 301 Å². The minimum Gasteiger partial charge on any atom is -0.488 e. The van der Waals surface area contributed by atoms with Crippen LogP contribution >= 0.6 is 23.2 Å². The lowest BCUT2D eigenvalue weighted by Gasteiger charge is -2.27. The molecule has 3 aromatic carbocycles. The van der Waals surface area contributed by atoms with Gasteiger partial charge in [-0.05, 0) is 54.4 Å². The molecule has 3 aromatic rings. The van der Waals surface area contributed by atoms with Crippen LogP contribution < -0.4 is 29.4 Å². The summed E-state index contributed by atoms with van der Waals surface area (Å²) >= 11 is 13.1. The maximum absolute atomic E-state index is 13.3. The molecule has 0 fully saturated rings. The Labute approximate surface area is 453 Å². The molecule has 78 heavy (non-hydrogen) atoms. The van der Waals surface area contributed by atoms with Gasteiger partial charge in [0.2, 0.25) is 39.4 Å². The predicted octanol–water partition coefficient (Wildman–Crippen LogP) is 5.41. The highest BCUT2D eigenvalue weighted by Crippen LogP contribution is 2.45. The summed E-state index contributed by atoms with van der Waals surface area (Å²) in [5.74, 6) is -7.24. The van der Waals surface area contributed by atoms with Crippen LogP contribution in [-0.2, 0) is 85.8 Å². The third-order valence-electron chi connectivity index (χ3n) is 10.2. The van der Waals surface area contributed by atoms with Gasteiger partial charge in [0.15, 0.2) is 0 Å². The summed E-state index contributed by atoms with van der Waals surface area (Å²) in [6, 6.07) is 14.8. The van der Waals surface area contributed by atoms with Crippen LogP contribution in [0.4, 0.5) is 11.4 Å². The zero-order valence-electron chi connectivity index (χ0n) is 42.6. The maximum Gasteiger partial charge on any atom is 0.328 e. The number of rotatable bonds is 27. The molecule has 2 aliphatic rings. The first-order chi connectivity index (χ1) is 37.1. The first kappa shape index (κ1) is 60.0. The Morgan fingerprint density at radius 2 is 0.910 bits per heavy atom. The van der Waals surface area contributed by atoms with Crippen molar-refractivity contribution in [2.75, 3.05) is 83.2 Å². The van der Waals surface area contributed by atoms with Crippen LogP contribution in [0.5, 0.6) is 17.2 Å². The molecule has 25 nitrogen and oxygen atoms in total. The van der Waals surface area contributed by atoms with Crippen LogP contribution in [0.1, 0.15) is 40.2 Å². The van der Waals surface area contributed by atoms with E-state index < -0.39 is 119 Å². The fraction of sp³-hybridized carbons (Fsp3) is 0.333. The van der Waals surface area contributed by atoms with Gasteiger partial charge in [0.05, 0.1) is 21.4 Å². The predicted molar refractivity (Wildman–Crippen MR) is 269 cm³/mol. The molecule has 5 rings (SSSR count). The summed E-state index contributed by atoms with van der Waals surface area (Å²) in [4.78, 5) is 125. The number of nitrogens with zero attached hydrogens (tertiary/aromatic N) is 2. The lowest BCUT2D eigenvalue weighted by molar-refractivity contribution is -0.167. The fourth-order valence-corrected chi connectivity index (χ4v) is 7.19. The quantitative estimate of drug-likeness (QED) is 0.0209. The molecule has 0 amide bonds. The van der Waals surface area contributed by atoms with Gasteiger partial charge in [-0.2, -0.15) is 0 Å². The van der Waals surface area contributed by atoms with Crippen molar-refractivity contribution in [3.63, 3.8) is 0 Å². The van der Waals surface area contributed by atoms with Crippen LogP contribution in [0, 0.1) is 6.92 Å². The van der Waals surface area contributed by atoms with Gasteiger partial charge >= 0.3 is 53.7 Å². The molecule has 0 aromatic heterocycles. The van der Waals surface area contributed by atoms with Gasteiger partial charge in [-0.3, -0.25) is 47.9 Å². The van der Waals surface area contributed by atoms with E-state index >= 15 is 0 Å². The summed E-state index contributed by atoms with van der Waals surface area (Å²) < 4.78 is 68.5. The van der Waals surface area contributed by atoms with Crippen LogP contribution in [-0.4, -0.2) is 127 Å². The van der Waals surface area contributed by atoms with E-state index in [-0.39, 0.29) is 63.2 Å². The van der Waals surface area contributed by atoms with E-state index in [0.717, 1.165) is 27.7 Å². The van der Waals surface area contributed by atoms with Crippen LogP contribution in [0.3, 0.4) is 0 Å². The van der Waals surface area contributed by atoms with Crippen LogP contribution in [0.2, 0.25) is 10.0 Å². The Morgan fingerprint density at radius 1 is 0.474 bits per heavy atom. The van der Waals surface area contributed by atoms with E-state index in [4.69, 9.17) is 84.5 Å². The Bertz CT molecular complexity index is 3020. The van der Waals surface area contributed by atoms with Gasteiger partial charge in [-0.25, -0.2) is 0 Å². The molecule has 0 N–H and O–H groups in total. The average Bonchev–Trinajstić information content (AvgIpc) is 3.44. The lowest BCUT2D eigenvalue weighted by atomic mass is 9.93. The van der Waals surface area contributed by atoms with Crippen molar-refractivity contribution in [3.05, 3.63) is 86.5 Å².